The van der Waals surface area contributed by atoms with Crippen molar-refractivity contribution in [3.8, 4) is 22.3 Å². The van der Waals surface area contributed by atoms with Crippen LogP contribution in [0, 0.1) is 0 Å². The summed E-state index contributed by atoms with van der Waals surface area (Å²) in [6.45, 7) is 4.23. The fraction of sp³-hybridized carbons (Fsp3) is 0.300. The molecule has 0 unspecified atom stereocenters. The number of amides is 1. The molecular weight excluding hydrogens is 364 g/mol. The van der Waals surface area contributed by atoms with Gasteiger partial charge in [0, 0.05) is 7.05 Å². The summed E-state index contributed by atoms with van der Waals surface area (Å²) < 4.78 is 16.3. The zero-order chi connectivity index (χ0) is 19.0. The van der Waals surface area contributed by atoms with Crippen molar-refractivity contribution in [3.05, 3.63) is 53.2 Å². The van der Waals surface area contributed by atoms with E-state index in [1.165, 1.54) is 0 Å². The van der Waals surface area contributed by atoms with Crippen LogP contribution in [0.1, 0.15) is 25.1 Å². The van der Waals surface area contributed by atoms with E-state index in [4.69, 9.17) is 13.9 Å². The Kier molecular flexibility index (Phi) is 4.39. The maximum atomic E-state index is 12.9. The molecule has 1 aliphatic rings. The van der Waals surface area contributed by atoms with Crippen LogP contribution in [0.4, 0.5) is 0 Å². The summed E-state index contributed by atoms with van der Waals surface area (Å²) in [4.78, 5) is 20.0. The molecule has 27 heavy (non-hydrogen) atoms. The lowest BCUT2D eigenvalue weighted by molar-refractivity contribution is -0.134. The minimum absolute atomic E-state index is 0.0382. The number of likely N-dealkylation sites (N-methyl/N-ethyl adjacent to an activating group) is 1. The number of thiophene rings is 1. The summed E-state index contributed by atoms with van der Waals surface area (Å²) >= 11 is 1.55. The van der Waals surface area contributed by atoms with Crippen molar-refractivity contribution >= 4 is 17.2 Å². The Labute approximate surface area is 161 Å². The molecule has 0 aliphatic carbocycles. The first-order valence-electron chi connectivity index (χ1n) is 8.60. The van der Waals surface area contributed by atoms with Crippen LogP contribution in [-0.2, 0) is 16.8 Å². The zero-order valence-electron chi connectivity index (χ0n) is 15.4. The molecule has 3 aromatic rings. The van der Waals surface area contributed by atoms with E-state index in [0.29, 0.717) is 17.3 Å². The van der Waals surface area contributed by atoms with Crippen LogP contribution in [0.5, 0.6) is 11.5 Å². The second-order valence-corrected chi connectivity index (χ2v) is 7.83. The Morgan fingerprint density at radius 1 is 1.26 bits per heavy atom. The molecular formula is C20H20N2O4S. The Balaban J connectivity index is 1.49. The predicted molar refractivity (Wildman–Crippen MR) is 102 cm³/mol. The fourth-order valence-electron chi connectivity index (χ4n) is 2.96. The van der Waals surface area contributed by atoms with Gasteiger partial charge in [0.05, 0.1) is 22.5 Å². The van der Waals surface area contributed by atoms with E-state index in [1.807, 2.05) is 49.6 Å². The highest BCUT2D eigenvalue weighted by molar-refractivity contribution is 7.13. The Morgan fingerprint density at radius 3 is 2.85 bits per heavy atom. The summed E-state index contributed by atoms with van der Waals surface area (Å²) in [5.41, 5.74) is 1.08. The van der Waals surface area contributed by atoms with E-state index in [0.717, 1.165) is 16.2 Å². The highest BCUT2D eigenvalue weighted by Gasteiger charge is 2.31. The maximum Gasteiger partial charge on any atom is 0.236 e. The standard InChI is InChI=1S/C20H20N2O4S/c1-20(2,13-6-7-15-16(9-13)26-12-25-15)22(3)18(23)10-14-11-24-19(21-14)17-5-4-8-27-17/h4-9,11H,10,12H2,1-3H3. The molecule has 4 rings (SSSR count). The van der Waals surface area contributed by atoms with Crippen molar-refractivity contribution in [1.82, 2.24) is 9.88 Å². The Morgan fingerprint density at radius 2 is 2.07 bits per heavy atom. The molecule has 0 N–H and O–H groups in total. The number of rotatable bonds is 5. The van der Waals surface area contributed by atoms with Crippen molar-refractivity contribution in [2.75, 3.05) is 13.8 Å². The normalized spacial score (nSPS) is 13.0. The number of fused-ring (bicyclic) bond motifs is 1. The number of nitrogens with zero attached hydrogens (tertiary/aromatic N) is 2. The van der Waals surface area contributed by atoms with E-state index >= 15 is 0 Å². The van der Waals surface area contributed by atoms with Crippen LogP contribution in [0.25, 0.3) is 10.8 Å². The van der Waals surface area contributed by atoms with E-state index in [-0.39, 0.29) is 19.1 Å². The number of carbonyl (C=O) groups excluding carboxylic acids is 1. The average Bonchev–Trinajstić information content (AvgIpc) is 3.40. The number of aromatic nitrogens is 1. The van der Waals surface area contributed by atoms with Gasteiger partial charge in [0.1, 0.15) is 6.26 Å². The van der Waals surface area contributed by atoms with Crippen molar-refractivity contribution < 1.29 is 18.7 Å². The van der Waals surface area contributed by atoms with Crippen molar-refractivity contribution in [1.29, 1.82) is 0 Å². The van der Waals surface area contributed by atoms with Crippen LogP contribution in [0.2, 0.25) is 0 Å². The quantitative estimate of drug-likeness (QED) is 0.663. The van der Waals surface area contributed by atoms with E-state index in [2.05, 4.69) is 4.98 Å². The van der Waals surface area contributed by atoms with Gasteiger partial charge in [-0.1, -0.05) is 12.1 Å². The number of ether oxygens (including phenoxy) is 2. The Hall–Kier alpha value is -2.80. The van der Waals surface area contributed by atoms with Gasteiger partial charge in [-0.2, -0.15) is 0 Å². The second kappa shape index (κ2) is 6.74. The van der Waals surface area contributed by atoms with Crippen LogP contribution in [0.3, 0.4) is 0 Å². The molecule has 0 fully saturated rings. The van der Waals surface area contributed by atoms with E-state index < -0.39 is 5.54 Å². The van der Waals surface area contributed by atoms with Crippen LogP contribution >= 0.6 is 11.3 Å². The summed E-state index contributed by atoms with van der Waals surface area (Å²) in [6.07, 6.45) is 1.73. The van der Waals surface area contributed by atoms with Gasteiger partial charge in [-0.3, -0.25) is 4.79 Å². The third kappa shape index (κ3) is 3.30. The lowest BCUT2D eigenvalue weighted by Crippen LogP contribution is -2.43. The molecule has 1 aliphatic heterocycles. The van der Waals surface area contributed by atoms with Gasteiger partial charge in [0.15, 0.2) is 11.5 Å². The van der Waals surface area contributed by atoms with Gasteiger partial charge in [-0.05, 0) is 43.0 Å². The van der Waals surface area contributed by atoms with Crippen molar-refractivity contribution in [2.24, 2.45) is 0 Å². The molecule has 1 aromatic carbocycles. The molecule has 0 bridgehead atoms. The molecule has 2 aromatic heterocycles. The van der Waals surface area contributed by atoms with Crippen LogP contribution in [-0.4, -0.2) is 29.6 Å². The fourth-order valence-corrected chi connectivity index (χ4v) is 3.61. The minimum atomic E-state index is -0.515. The molecule has 7 heteroatoms. The SMILES string of the molecule is CN(C(=O)Cc1coc(-c2cccs2)n1)C(C)(C)c1ccc2c(c1)OCO2. The van der Waals surface area contributed by atoms with E-state index in [9.17, 15) is 4.79 Å². The highest BCUT2D eigenvalue weighted by Crippen LogP contribution is 2.37. The summed E-state index contributed by atoms with van der Waals surface area (Å²) in [6, 6.07) is 9.65. The Bertz CT molecular complexity index is 962. The molecule has 1 amide bonds. The number of carbonyl (C=O) groups is 1. The monoisotopic (exact) mass is 384 g/mol. The third-order valence-electron chi connectivity index (χ3n) is 4.91. The number of hydrogen-bond donors (Lipinski definition) is 0. The second-order valence-electron chi connectivity index (χ2n) is 6.88. The van der Waals surface area contributed by atoms with Crippen molar-refractivity contribution in [3.63, 3.8) is 0 Å². The van der Waals surface area contributed by atoms with Gasteiger partial charge in [0.2, 0.25) is 18.6 Å². The van der Waals surface area contributed by atoms with Crippen molar-refractivity contribution in [2.45, 2.75) is 25.8 Å². The highest BCUT2D eigenvalue weighted by atomic mass is 32.1. The first-order chi connectivity index (χ1) is 12.9. The zero-order valence-corrected chi connectivity index (χ0v) is 16.2. The van der Waals surface area contributed by atoms with Gasteiger partial charge in [-0.15, -0.1) is 11.3 Å². The molecule has 0 spiro atoms. The lowest BCUT2D eigenvalue weighted by atomic mass is 9.92. The maximum absolute atomic E-state index is 12.9. The van der Waals surface area contributed by atoms with Crippen LogP contribution in [0.15, 0.2) is 46.4 Å². The number of oxazole rings is 1. The molecule has 0 saturated heterocycles. The third-order valence-corrected chi connectivity index (χ3v) is 5.77. The summed E-state index contributed by atoms with van der Waals surface area (Å²) in [5.74, 6) is 1.94. The van der Waals surface area contributed by atoms with Gasteiger partial charge < -0.3 is 18.8 Å². The smallest absolute Gasteiger partial charge is 0.236 e. The molecule has 6 nitrogen and oxygen atoms in total. The van der Waals surface area contributed by atoms with Crippen LogP contribution < -0.4 is 9.47 Å². The summed E-state index contributed by atoms with van der Waals surface area (Å²) in [7, 11) is 1.80. The number of hydrogen-bond acceptors (Lipinski definition) is 6. The molecule has 0 radical (unpaired) electrons. The minimum Gasteiger partial charge on any atom is -0.454 e. The predicted octanol–water partition coefficient (Wildman–Crippen LogP) is 4.07. The molecule has 0 atom stereocenters. The molecule has 140 valence electrons. The first kappa shape index (κ1) is 17.6. The van der Waals surface area contributed by atoms with Gasteiger partial charge >= 0.3 is 0 Å². The number of benzene rings is 1. The first-order valence-corrected chi connectivity index (χ1v) is 9.48. The molecule has 3 heterocycles. The summed E-state index contributed by atoms with van der Waals surface area (Å²) in [5, 5.41) is 1.96. The van der Waals surface area contributed by atoms with Gasteiger partial charge in [0.25, 0.3) is 0 Å². The largest absolute Gasteiger partial charge is 0.454 e. The topological polar surface area (TPSA) is 64.8 Å². The molecule has 0 saturated carbocycles. The van der Waals surface area contributed by atoms with Gasteiger partial charge in [-0.25, -0.2) is 4.98 Å². The lowest BCUT2D eigenvalue weighted by Gasteiger charge is -2.36. The average molecular weight is 384 g/mol. The van der Waals surface area contributed by atoms with E-state index in [1.54, 1.807) is 29.5 Å².